The van der Waals surface area contributed by atoms with Gasteiger partial charge in [0.15, 0.2) is 5.78 Å². The van der Waals surface area contributed by atoms with E-state index < -0.39 is 0 Å². The molecule has 0 saturated heterocycles. The molecule has 0 bridgehead atoms. The van der Waals surface area contributed by atoms with Gasteiger partial charge >= 0.3 is 0 Å². The predicted molar refractivity (Wildman–Crippen MR) is 141 cm³/mol. The van der Waals surface area contributed by atoms with E-state index in [4.69, 9.17) is 11.6 Å². The Balaban J connectivity index is 2.51. The second-order valence-electron chi connectivity index (χ2n) is 8.29. The van der Waals surface area contributed by atoms with Gasteiger partial charge in [0, 0.05) is 16.1 Å². The number of halogens is 1. The number of nitrogens with zero attached hydrogens (tertiary/aromatic N) is 1. The molecule has 0 saturated carbocycles. The van der Waals surface area contributed by atoms with Gasteiger partial charge in [-0.2, -0.15) is 5.26 Å². The van der Waals surface area contributed by atoms with Crippen molar-refractivity contribution in [2.24, 2.45) is 0 Å². The van der Waals surface area contributed by atoms with Crippen LogP contribution in [-0.2, 0) is 0 Å². The van der Waals surface area contributed by atoms with Gasteiger partial charge in [-0.1, -0.05) is 80.1 Å². The number of Topliss-reactive ketones (excluding diaryl/α,β-unsaturated/α-hetero) is 1. The number of hydrogen-bond donors (Lipinski definition) is 0. The molecule has 0 spiro atoms. The van der Waals surface area contributed by atoms with Gasteiger partial charge in [0.1, 0.15) is 0 Å². The van der Waals surface area contributed by atoms with E-state index in [2.05, 4.69) is 32.1 Å². The van der Waals surface area contributed by atoms with Crippen LogP contribution in [0.15, 0.2) is 77.9 Å². The summed E-state index contributed by atoms with van der Waals surface area (Å²) in [6.07, 6.45) is 10.9. The summed E-state index contributed by atoms with van der Waals surface area (Å²) in [4.78, 5) is 12.9. The topological polar surface area (TPSA) is 40.9 Å². The van der Waals surface area contributed by atoms with Crippen molar-refractivity contribution >= 4 is 23.0 Å². The first kappa shape index (κ1) is 26.1. The van der Waals surface area contributed by atoms with Crippen LogP contribution in [-0.4, -0.2) is 5.78 Å². The molecule has 0 radical (unpaired) electrons. The third-order valence-electron chi connectivity index (χ3n) is 5.90. The van der Waals surface area contributed by atoms with Gasteiger partial charge in [0.2, 0.25) is 0 Å². The van der Waals surface area contributed by atoms with Crippen molar-refractivity contribution in [2.75, 3.05) is 0 Å². The molecule has 2 rings (SSSR count). The summed E-state index contributed by atoms with van der Waals surface area (Å²) in [5.74, 6) is 0.280. The molecule has 2 aromatic carbocycles. The van der Waals surface area contributed by atoms with Crippen LogP contribution in [0.4, 0.5) is 0 Å². The lowest BCUT2D eigenvalue weighted by Gasteiger charge is -2.19. The quantitative estimate of drug-likeness (QED) is 0.226. The first-order valence-electron chi connectivity index (χ1n) is 11.3. The summed E-state index contributed by atoms with van der Waals surface area (Å²) < 4.78 is 0. The number of carbonyl (C=O) groups is 1. The average molecular weight is 458 g/mol. The third kappa shape index (κ3) is 6.44. The number of rotatable bonds is 8. The lowest BCUT2D eigenvalue weighted by molar-refractivity contribution is 0.103. The van der Waals surface area contributed by atoms with Crippen molar-refractivity contribution < 1.29 is 4.79 Å². The van der Waals surface area contributed by atoms with Crippen LogP contribution in [0.5, 0.6) is 0 Å². The van der Waals surface area contributed by atoms with Crippen LogP contribution >= 0.6 is 11.6 Å². The number of allylic oxidation sites excluding steroid dienone is 8. The molecule has 0 heterocycles. The van der Waals surface area contributed by atoms with Crippen LogP contribution in [0.25, 0.3) is 5.57 Å². The van der Waals surface area contributed by atoms with Gasteiger partial charge in [-0.25, -0.2) is 0 Å². The Labute approximate surface area is 203 Å². The van der Waals surface area contributed by atoms with Gasteiger partial charge in [0.25, 0.3) is 0 Å². The molecule has 0 aliphatic carbocycles. The summed E-state index contributed by atoms with van der Waals surface area (Å²) in [5, 5.41) is 9.99. The number of carbonyl (C=O) groups excluding carboxylic acids is 1. The van der Waals surface area contributed by atoms with Gasteiger partial charge in [0.05, 0.1) is 11.6 Å². The average Bonchev–Trinajstić information content (AvgIpc) is 2.82. The first-order valence-corrected chi connectivity index (χ1v) is 11.7. The minimum atomic E-state index is -0.0902. The fourth-order valence-electron chi connectivity index (χ4n) is 3.59. The Morgan fingerprint density at radius 1 is 1.12 bits per heavy atom. The van der Waals surface area contributed by atoms with E-state index in [0.717, 1.165) is 33.7 Å². The van der Waals surface area contributed by atoms with E-state index in [-0.39, 0.29) is 5.78 Å². The van der Waals surface area contributed by atoms with Gasteiger partial charge in [-0.15, -0.1) is 0 Å². The highest BCUT2D eigenvalue weighted by Crippen LogP contribution is 2.36. The molecule has 33 heavy (non-hydrogen) atoms. The zero-order valence-corrected chi connectivity index (χ0v) is 21.1. The zero-order chi connectivity index (χ0) is 24.5. The largest absolute Gasteiger partial charge is 0.289 e. The van der Waals surface area contributed by atoms with Crippen LogP contribution < -0.4 is 0 Å². The summed E-state index contributed by atoms with van der Waals surface area (Å²) in [6.45, 7) is 12.1. The number of hydrogen-bond acceptors (Lipinski definition) is 2. The fourth-order valence-corrected chi connectivity index (χ4v) is 3.87. The number of aryl methyl sites for hydroxylation is 1. The zero-order valence-electron chi connectivity index (χ0n) is 20.4. The highest BCUT2D eigenvalue weighted by molar-refractivity contribution is 6.32. The number of ketones is 1. The van der Waals surface area contributed by atoms with E-state index in [1.165, 1.54) is 5.56 Å². The lowest BCUT2D eigenvalue weighted by atomic mass is 9.87. The molecular formula is C30H32ClNO. The van der Waals surface area contributed by atoms with Crippen molar-refractivity contribution in [3.63, 3.8) is 0 Å². The van der Waals surface area contributed by atoms with Crippen molar-refractivity contribution in [2.45, 2.75) is 53.9 Å². The van der Waals surface area contributed by atoms with Crippen molar-refractivity contribution in [3.05, 3.63) is 111 Å². The van der Waals surface area contributed by atoms with Crippen LogP contribution in [0.1, 0.15) is 79.6 Å². The standard InChI is InChI=1S/C30H32ClNO/c1-7-9-11-27(29-26(20(3)8-2)12-10-13-28(29)31)22(5)14-15-23(6)30(33)24-17-16-21(4)25(18-24)19-32/h7,9-18,20H,8H2,1-6H3/b9-7-,22-14+,23-15+,27-11+. The number of nitriles is 1. The van der Waals surface area contributed by atoms with E-state index >= 15 is 0 Å². The molecule has 0 aliphatic rings. The molecule has 0 N–H and O–H groups in total. The highest BCUT2D eigenvalue weighted by Gasteiger charge is 2.17. The second-order valence-corrected chi connectivity index (χ2v) is 8.70. The van der Waals surface area contributed by atoms with Crippen LogP contribution in [0.2, 0.25) is 5.02 Å². The Bertz CT molecular complexity index is 1190. The predicted octanol–water partition coefficient (Wildman–Crippen LogP) is 8.77. The summed E-state index contributed by atoms with van der Waals surface area (Å²) in [5.41, 5.74) is 6.81. The Kier molecular flexibility index (Phi) is 9.64. The van der Waals surface area contributed by atoms with Crippen molar-refractivity contribution in [1.29, 1.82) is 5.26 Å². The molecule has 0 fully saturated rings. The molecule has 0 aliphatic heterocycles. The Morgan fingerprint density at radius 3 is 2.45 bits per heavy atom. The van der Waals surface area contributed by atoms with E-state index in [1.807, 2.05) is 63.3 Å². The smallest absolute Gasteiger partial charge is 0.188 e. The first-order chi connectivity index (χ1) is 15.7. The highest BCUT2D eigenvalue weighted by atomic mass is 35.5. The minimum absolute atomic E-state index is 0.0902. The SMILES string of the molecule is C\C=C/C=C(\C(C)=C\C=C(/C)C(=O)c1ccc(C)c(C#N)c1)c1c(Cl)cccc1C(C)CC. The van der Waals surface area contributed by atoms with Crippen LogP contribution in [0, 0.1) is 18.3 Å². The second kappa shape index (κ2) is 12.2. The Hall–Kier alpha value is -3.15. The maximum Gasteiger partial charge on any atom is 0.188 e. The molecule has 170 valence electrons. The maximum atomic E-state index is 12.9. The molecular weight excluding hydrogens is 426 g/mol. The third-order valence-corrected chi connectivity index (χ3v) is 6.22. The lowest BCUT2D eigenvalue weighted by Crippen LogP contribution is -2.02. The van der Waals surface area contributed by atoms with Crippen molar-refractivity contribution in [1.82, 2.24) is 0 Å². The fraction of sp³-hybridized carbons (Fsp3) is 0.267. The molecule has 0 amide bonds. The minimum Gasteiger partial charge on any atom is -0.289 e. The molecule has 3 heteroatoms. The van der Waals surface area contributed by atoms with E-state index in [0.29, 0.717) is 22.6 Å². The van der Waals surface area contributed by atoms with Gasteiger partial charge < -0.3 is 0 Å². The number of benzene rings is 2. The maximum absolute atomic E-state index is 12.9. The molecule has 1 atom stereocenters. The van der Waals surface area contributed by atoms with Crippen LogP contribution in [0.3, 0.4) is 0 Å². The molecule has 2 nitrogen and oxygen atoms in total. The normalized spacial score (nSPS) is 13.8. The summed E-state index contributed by atoms with van der Waals surface area (Å²) >= 11 is 6.69. The van der Waals surface area contributed by atoms with Gasteiger partial charge in [-0.3, -0.25) is 4.79 Å². The monoisotopic (exact) mass is 457 g/mol. The molecule has 0 aromatic heterocycles. The van der Waals surface area contributed by atoms with E-state index in [1.54, 1.807) is 19.1 Å². The van der Waals surface area contributed by atoms with Gasteiger partial charge in [-0.05, 0) is 80.0 Å². The molecule has 1 unspecified atom stereocenters. The summed E-state index contributed by atoms with van der Waals surface area (Å²) in [7, 11) is 0. The Morgan fingerprint density at radius 2 is 1.82 bits per heavy atom. The van der Waals surface area contributed by atoms with E-state index in [9.17, 15) is 10.1 Å². The molecule has 2 aromatic rings. The van der Waals surface area contributed by atoms with Crippen molar-refractivity contribution in [3.8, 4) is 6.07 Å². The summed E-state index contributed by atoms with van der Waals surface area (Å²) in [6, 6.07) is 13.4.